The van der Waals surface area contributed by atoms with Crippen LogP contribution >= 0.6 is 0 Å². The Balaban J connectivity index is 1.51. The summed E-state index contributed by atoms with van der Waals surface area (Å²) in [5.74, 6) is 0.103. The number of carbonyl (C=O) groups is 2. The number of benzene rings is 1. The number of furan rings is 1. The zero-order chi connectivity index (χ0) is 23.8. The van der Waals surface area contributed by atoms with Crippen molar-refractivity contribution >= 4 is 21.7 Å². The predicted molar refractivity (Wildman–Crippen MR) is 119 cm³/mol. The van der Waals surface area contributed by atoms with Crippen molar-refractivity contribution in [2.75, 3.05) is 26.2 Å². The Morgan fingerprint density at radius 3 is 2.18 bits per heavy atom. The number of ketones is 1. The standard InChI is InChI=1S/C23H22N4O5S/c1-16(28)18-5-7-19(8-6-18)33(30,31)27-13-11-25(12-14-27)22(29)21-17(2)32-23(20(21)15-24)26-9-3-4-10-26/h3-10H,11-14H2,1-2H3. The van der Waals surface area contributed by atoms with Crippen molar-refractivity contribution < 1.29 is 22.4 Å². The van der Waals surface area contributed by atoms with Gasteiger partial charge in [0.2, 0.25) is 15.9 Å². The van der Waals surface area contributed by atoms with Gasteiger partial charge >= 0.3 is 0 Å². The molecule has 0 saturated carbocycles. The zero-order valence-electron chi connectivity index (χ0n) is 18.2. The van der Waals surface area contributed by atoms with E-state index in [0.717, 1.165) is 0 Å². The lowest BCUT2D eigenvalue weighted by Crippen LogP contribution is -2.50. The second-order valence-electron chi connectivity index (χ2n) is 7.69. The highest BCUT2D eigenvalue weighted by Gasteiger charge is 2.33. The number of rotatable bonds is 5. The average molecular weight is 467 g/mol. The van der Waals surface area contributed by atoms with Crippen molar-refractivity contribution in [3.8, 4) is 12.0 Å². The number of amides is 1. The molecule has 0 unspecified atom stereocenters. The van der Waals surface area contributed by atoms with Crippen LogP contribution in [0.4, 0.5) is 0 Å². The maximum Gasteiger partial charge on any atom is 0.258 e. The Kier molecular flexibility index (Phi) is 5.93. The Labute approximate surface area is 191 Å². The van der Waals surface area contributed by atoms with Crippen molar-refractivity contribution in [2.24, 2.45) is 0 Å². The normalized spacial score (nSPS) is 14.8. The van der Waals surface area contributed by atoms with E-state index in [9.17, 15) is 23.3 Å². The first-order valence-corrected chi connectivity index (χ1v) is 11.8. The third kappa shape index (κ3) is 4.08. The molecule has 0 aliphatic carbocycles. The molecule has 0 spiro atoms. The van der Waals surface area contributed by atoms with Gasteiger partial charge in [0.1, 0.15) is 23.0 Å². The number of aromatic nitrogens is 1. The minimum absolute atomic E-state index is 0.0982. The van der Waals surface area contributed by atoms with E-state index in [0.29, 0.717) is 11.3 Å². The van der Waals surface area contributed by atoms with Crippen LogP contribution in [0.1, 0.15) is 39.0 Å². The van der Waals surface area contributed by atoms with Gasteiger partial charge < -0.3 is 9.32 Å². The van der Waals surface area contributed by atoms with Gasteiger partial charge in [-0.15, -0.1) is 0 Å². The molecule has 0 bridgehead atoms. The number of hydrogen-bond donors (Lipinski definition) is 0. The summed E-state index contributed by atoms with van der Waals surface area (Å²) < 4.78 is 34.6. The summed E-state index contributed by atoms with van der Waals surface area (Å²) in [6.45, 7) is 3.64. The van der Waals surface area contributed by atoms with Gasteiger partial charge in [-0.2, -0.15) is 9.57 Å². The van der Waals surface area contributed by atoms with Crippen LogP contribution in [0.5, 0.6) is 0 Å². The molecule has 1 aliphatic rings. The van der Waals surface area contributed by atoms with Gasteiger partial charge in [0.05, 0.1) is 4.90 Å². The van der Waals surface area contributed by atoms with Gasteiger partial charge in [-0.3, -0.25) is 14.2 Å². The molecule has 0 radical (unpaired) electrons. The Hall–Kier alpha value is -3.68. The van der Waals surface area contributed by atoms with Gasteiger partial charge in [-0.05, 0) is 38.1 Å². The quantitative estimate of drug-likeness (QED) is 0.534. The van der Waals surface area contributed by atoms with Crippen LogP contribution in [0, 0.1) is 18.3 Å². The third-order valence-corrected chi connectivity index (χ3v) is 7.57. The topological polar surface area (TPSA) is 117 Å². The number of Topliss-reactive ketones (excluding diaryl/α,β-unsaturated/α-hetero) is 1. The highest BCUT2D eigenvalue weighted by atomic mass is 32.2. The molecule has 1 saturated heterocycles. The molecule has 33 heavy (non-hydrogen) atoms. The maximum absolute atomic E-state index is 13.2. The number of aryl methyl sites for hydroxylation is 1. The molecule has 0 N–H and O–H groups in total. The van der Waals surface area contributed by atoms with Crippen LogP contribution in [0.15, 0.2) is 58.1 Å². The Morgan fingerprint density at radius 1 is 1.03 bits per heavy atom. The largest absolute Gasteiger partial charge is 0.443 e. The Morgan fingerprint density at radius 2 is 1.64 bits per heavy atom. The fraction of sp³-hybridized carbons (Fsp3) is 0.261. The lowest BCUT2D eigenvalue weighted by atomic mass is 10.1. The van der Waals surface area contributed by atoms with Gasteiger partial charge in [0.15, 0.2) is 5.78 Å². The summed E-state index contributed by atoms with van der Waals surface area (Å²) in [4.78, 5) is 26.3. The summed E-state index contributed by atoms with van der Waals surface area (Å²) in [6.07, 6.45) is 3.44. The minimum atomic E-state index is -3.75. The summed E-state index contributed by atoms with van der Waals surface area (Å²) in [7, 11) is -3.75. The minimum Gasteiger partial charge on any atom is -0.443 e. The van der Waals surface area contributed by atoms with E-state index in [1.807, 2.05) is 0 Å². The highest BCUT2D eigenvalue weighted by Crippen LogP contribution is 2.27. The molecule has 2 aromatic heterocycles. The van der Waals surface area contributed by atoms with E-state index < -0.39 is 10.0 Å². The summed E-state index contributed by atoms with van der Waals surface area (Å²) in [5, 5.41) is 9.68. The smallest absolute Gasteiger partial charge is 0.258 e. The molecule has 9 nitrogen and oxygen atoms in total. The molecule has 0 atom stereocenters. The number of hydrogen-bond acceptors (Lipinski definition) is 6. The van der Waals surface area contributed by atoms with Gasteiger partial charge in [0, 0.05) is 44.1 Å². The SMILES string of the molecule is CC(=O)c1ccc(S(=O)(=O)N2CCN(C(=O)c3c(C)oc(-n4cccc4)c3C#N)CC2)cc1. The number of nitriles is 1. The van der Waals surface area contributed by atoms with Crippen LogP contribution in [0.3, 0.4) is 0 Å². The molecule has 1 aromatic carbocycles. The Bertz CT molecular complexity index is 1340. The molecule has 4 rings (SSSR count). The van der Waals surface area contributed by atoms with Crippen molar-refractivity contribution in [2.45, 2.75) is 18.7 Å². The fourth-order valence-electron chi connectivity index (χ4n) is 3.84. The number of sulfonamides is 1. The van der Waals surface area contributed by atoms with Gasteiger partial charge in [-0.25, -0.2) is 8.42 Å². The highest BCUT2D eigenvalue weighted by molar-refractivity contribution is 7.89. The predicted octanol–water partition coefficient (Wildman–Crippen LogP) is 2.60. The van der Waals surface area contributed by atoms with E-state index in [-0.39, 0.29) is 59.8 Å². The lowest BCUT2D eigenvalue weighted by Gasteiger charge is -2.34. The third-order valence-electron chi connectivity index (χ3n) is 5.65. The lowest BCUT2D eigenvalue weighted by molar-refractivity contribution is 0.0695. The van der Waals surface area contributed by atoms with E-state index in [2.05, 4.69) is 6.07 Å². The maximum atomic E-state index is 13.2. The molecule has 3 heterocycles. The van der Waals surface area contributed by atoms with Gasteiger partial charge in [-0.1, -0.05) is 12.1 Å². The fourth-order valence-corrected chi connectivity index (χ4v) is 5.27. The van der Waals surface area contributed by atoms with E-state index in [1.165, 1.54) is 40.4 Å². The first-order chi connectivity index (χ1) is 15.7. The molecular formula is C23H22N4O5S. The molecule has 10 heteroatoms. The second kappa shape index (κ2) is 8.69. The average Bonchev–Trinajstić information content (AvgIpc) is 3.46. The van der Waals surface area contributed by atoms with Crippen molar-refractivity contribution in [3.63, 3.8) is 0 Å². The van der Waals surface area contributed by atoms with Crippen LogP contribution in [-0.2, 0) is 10.0 Å². The summed E-state index contributed by atoms with van der Waals surface area (Å²) >= 11 is 0. The first kappa shape index (κ1) is 22.5. The second-order valence-corrected chi connectivity index (χ2v) is 9.63. The van der Waals surface area contributed by atoms with Gasteiger partial charge in [0.25, 0.3) is 5.91 Å². The molecule has 1 amide bonds. The van der Waals surface area contributed by atoms with Crippen molar-refractivity contribution in [1.82, 2.24) is 13.8 Å². The summed E-state index contributed by atoms with van der Waals surface area (Å²) in [6, 6.07) is 11.5. The van der Waals surface area contributed by atoms with Crippen LogP contribution in [-0.4, -0.2) is 60.1 Å². The molecule has 3 aromatic rings. The number of carbonyl (C=O) groups excluding carboxylic acids is 2. The van der Waals surface area contributed by atoms with Crippen molar-refractivity contribution in [3.05, 3.63) is 71.2 Å². The molecule has 170 valence electrons. The molecule has 1 aliphatic heterocycles. The van der Waals surface area contributed by atoms with Crippen LogP contribution in [0.2, 0.25) is 0 Å². The monoisotopic (exact) mass is 466 g/mol. The van der Waals surface area contributed by atoms with Crippen LogP contribution < -0.4 is 0 Å². The first-order valence-electron chi connectivity index (χ1n) is 10.3. The molecule has 1 fully saturated rings. The van der Waals surface area contributed by atoms with E-state index in [4.69, 9.17) is 4.42 Å². The van der Waals surface area contributed by atoms with Crippen molar-refractivity contribution in [1.29, 1.82) is 5.26 Å². The summed E-state index contributed by atoms with van der Waals surface area (Å²) in [5.41, 5.74) is 0.777. The number of piperazine rings is 1. The van der Waals surface area contributed by atoms with E-state index in [1.54, 1.807) is 36.0 Å². The van der Waals surface area contributed by atoms with Crippen LogP contribution in [0.25, 0.3) is 5.88 Å². The number of nitrogens with zero attached hydrogens (tertiary/aromatic N) is 4. The van der Waals surface area contributed by atoms with E-state index >= 15 is 0 Å². The molecular weight excluding hydrogens is 444 g/mol. The zero-order valence-corrected chi connectivity index (χ0v) is 19.0.